The second-order valence-corrected chi connectivity index (χ2v) is 4.82. The highest BCUT2D eigenvalue weighted by Gasteiger charge is 2.26. The number of benzene rings is 2. The van der Waals surface area contributed by atoms with E-state index in [0.717, 1.165) is 10.9 Å². The molecular weight excluding hydrogens is 273 g/mol. The van der Waals surface area contributed by atoms with Crippen molar-refractivity contribution in [2.24, 2.45) is 0 Å². The third kappa shape index (κ3) is 3.23. The van der Waals surface area contributed by atoms with Gasteiger partial charge in [-0.25, -0.2) is 9.78 Å². The summed E-state index contributed by atoms with van der Waals surface area (Å²) in [6, 6.07) is 24.6. The summed E-state index contributed by atoms with van der Waals surface area (Å²) in [6.07, 6.45) is 1.58. The van der Waals surface area contributed by atoms with Crippen molar-refractivity contribution in [3.05, 3.63) is 90.8 Å². The highest BCUT2D eigenvalue weighted by Crippen LogP contribution is 2.01. The van der Waals surface area contributed by atoms with Crippen molar-refractivity contribution in [2.75, 3.05) is 0 Å². The van der Waals surface area contributed by atoms with Crippen LogP contribution in [0.25, 0.3) is 0 Å². The number of hydrogen-bond donors (Lipinski definition) is 0. The van der Waals surface area contributed by atoms with Gasteiger partial charge in [-0.3, -0.25) is 0 Å². The van der Waals surface area contributed by atoms with E-state index >= 15 is 0 Å². The molecule has 0 aliphatic rings. The van der Waals surface area contributed by atoms with Crippen LogP contribution >= 0.6 is 0 Å². The maximum Gasteiger partial charge on any atom is 0.429 e. The molecule has 1 heterocycles. The van der Waals surface area contributed by atoms with Crippen LogP contribution in [0, 0.1) is 0 Å². The average Bonchev–Trinajstić information content (AvgIpc) is 2.62. The van der Waals surface area contributed by atoms with E-state index in [4.69, 9.17) is 4.65 Å². The Bertz CT molecular complexity index is 693. The zero-order valence-electron chi connectivity index (χ0n) is 11.9. The van der Waals surface area contributed by atoms with Gasteiger partial charge in [0.2, 0.25) is 0 Å². The summed E-state index contributed by atoms with van der Waals surface area (Å²) in [5.41, 5.74) is 2.16. The number of carbonyl (C=O) groups is 1. The third-order valence-corrected chi connectivity index (χ3v) is 3.30. The minimum Gasteiger partial charge on any atom is -0.521 e. The van der Waals surface area contributed by atoms with Gasteiger partial charge >= 0.3 is 12.9 Å². The first kappa shape index (κ1) is 14.1. The van der Waals surface area contributed by atoms with E-state index in [1.807, 2.05) is 60.7 Å². The summed E-state index contributed by atoms with van der Waals surface area (Å²) in [4.78, 5) is 16.4. The molecule has 4 heteroatoms. The molecule has 22 heavy (non-hydrogen) atoms. The number of rotatable bonds is 4. The SMILES string of the molecule is O=C(OB(c1ccccc1)c1ccccc1)c1ccccn1. The van der Waals surface area contributed by atoms with E-state index in [-0.39, 0.29) is 0 Å². The van der Waals surface area contributed by atoms with Crippen molar-refractivity contribution in [2.45, 2.75) is 0 Å². The minimum absolute atomic E-state index is 0.305. The van der Waals surface area contributed by atoms with Gasteiger partial charge in [0.05, 0.1) is 0 Å². The van der Waals surface area contributed by atoms with Gasteiger partial charge < -0.3 is 4.65 Å². The normalized spacial score (nSPS) is 10.0. The van der Waals surface area contributed by atoms with Crippen LogP contribution < -0.4 is 10.9 Å². The predicted octanol–water partition coefficient (Wildman–Crippen LogP) is 2.04. The van der Waals surface area contributed by atoms with Crippen molar-refractivity contribution in [3.8, 4) is 0 Å². The zero-order chi connectivity index (χ0) is 15.2. The summed E-state index contributed by atoms with van der Waals surface area (Å²) in [5.74, 6) is -0.432. The van der Waals surface area contributed by atoms with Crippen LogP contribution in [0.5, 0.6) is 0 Å². The number of aromatic nitrogens is 1. The molecule has 0 saturated heterocycles. The summed E-state index contributed by atoms with van der Waals surface area (Å²) < 4.78 is 5.71. The molecule has 0 amide bonds. The Balaban J connectivity index is 1.91. The fraction of sp³-hybridized carbons (Fsp3) is 0. The topological polar surface area (TPSA) is 39.2 Å². The van der Waals surface area contributed by atoms with Crippen LogP contribution in [0.2, 0.25) is 0 Å². The lowest BCUT2D eigenvalue weighted by Crippen LogP contribution is -2.46. The van der Waals surface area contributed by atoms with E-state index in [2.05, 4.69) is 4.98 Å². The fourth-order valence-corrected chi connectivity index (χ4v) is 2.24. The molecule has 0 radical (unpaired) electrons. The van der Waals surface area contributed by atoms with Gasteiger partial charge in [0.15, 0.2) is 0 Å². The Hall–Kier alpha value is -2.88. The zero-order valence-corrected chi connectivity index (χ0v) is 11.9. The van der Waals surface area contributed by atoms with Crippen LogP contribution in [0.4, 0.5) is 0 Å². The first-order valence-electron chi connectivity index (χ1n) is 7.06. The minimum atomic E-state index is -0.447. The molecule has 0 aliphatic heterocycles. The van der Waals surface area contributed by atoms with Gasteiger partial charge in [0, 0.05) is 6.20 Å². The lowest BCUT2D eigenvalue weighted by atomic mass is 9.55. The number of nitrogens with zero attached hydrogens (tertiary/aromatic N) is 1. The summed E-state index contributed by atoms with van der Waals surface area (Å²) in [7, 11) is 0. The summed E-state index contributed by atoms with van der Waals surface area (Å²) in [5, 5.41) is 0. The maximum absolute atomic E-state index is 12.3. The van der Waals surface area contributed by atoms with Crippen LogP contribution in [0.1, 0.15) is 10.5 Å². The molecule has 2 aromatic carbocycles. The number of hydrogen-bond acceptors (Lipinski definition) is 3. The molecule has 0 spiro atoms. The molecule has 3 rings (SSSR count). The van der Waals surface area contributed by atoms with Crippen LogP contribution in [0.3, 0.4) is 0 Å². The van der Waals surface area contributed by atoms with Gasteiger partial charge in [0.25, 0.3) is 0 Å². The van der Waals surface area contributed by atoms with Crippen molar-refractivity contribution in [3.63, 3.8) is 0 Å². The van der Waals surface area contributed by atoms with Gasteiger partial charge in [-0.05, 0) is 23.1 Å². The lowest BCUT2D eigenvalue weighted by molar-refractivity contribution is 0.0732. The van der Waals surface area contributed by atoms with Crippen LogP contribution in [0.15, 0.2) is 85.1 Å². The molecule has 0 fully saturated rings. The van der Waals surface area contributed by atoms with E-state index in [0.29, 0.717) is 5.69 Å². The lowest BCUT2D eigenvalue weighted by Gasteiger charge is -2.15. The van der Waals surface area contributed by atoms with Gasteiger partial charge in [0.1, 0.15) is 5.69 Å². The smallest absolute Gasteiger partial charge is 0.429 e. The van der Waals surface area contributed by atoms with Crippen molar-refractivity contribution >= 4 is 23.8 Å². The van der Waals surface area contributed by atoms with Gasteiger partial charge in [-0.2, -0.15) is 0 Å². The summed E-state index contributed by atoms with van der Waals surface area (Å²) in [6.45, 7) is -0.447. The highest BCUT2D eigenvalue weighted by atomic mass is 16.5. The standard InChI is InChI=1S/C18H14BNO2/c21-18(17-13-7-8-14-20-17)22-19(15-9-3-1-4-10-15)16-11-5-2-6-12-16/h1-14H. The fourth-order valence-electron chi connectivity index (χ4n) is 2.24. The van der Waals surface area contributed by atoms with Gasteiger partial charge in [-0.15, -0.1) is 0 Å². The highest BCUT2D eigenvalue weighted by molar-refractivity contribution is 6.81. The molecule has 3 aromatic rings. The van der Waals surface area contributed by atoms with Crippen LogP contribution in [-0.2, 0) is 4.65 Å². The Kier molecular flexibility index (Phi) is 4.30. The van der Waals surface area contributed by atoms with Gasteiger partial charge in [-0.1, -0.05) is 66.7 Å². The molecule has 0 unspecified atom stereocenters. The predicted molar refractivity (Wildman–Crippen MR) is 87.6 cm³/mol. The van der Waals surface area contributed by atoms with Crippen molar-refractivity contribution in [1.82, 2.24) is 4.98 Å². The molecule has 0 saturated carbocycles. The van der Waals surface area contributed by atoms with E-state index in [1.54, 1.807) is 24.4 Å². The molecule has 3 nitrogen and oxygen atoms in total. The molecule has 0 bridgehead atoms. The average molecular weight is 287 g/mol. The quantitative estimate of drug-likeness (QED) is 0.689. The molecule has 0 atom stereocenters. The van der Waals surface area contributed by atoms with E-state index in [1.165, 1.54) is 0 Å². The number of pyridine rings is 1. The monoisotopic (exact) mass is 287 g/mol. The van der Waals surface area contributed by atoms with Crippen molar-refractivity contribution in [1.29, 1.82) is 0 Å². The first-order chi connectivity index (χ1) is 10.8. The molecule has 1 aromatic heterocycles. The largest absolute Gasteiger partial charge is 0.521 e. The Morgan fingerprint density at radius 2 is 1.32 bits per heavy atom. The third-order valence-electron chi connectivity index (χ3n) is 3.30. The van der Waals surface area contributed by atoms with E-state index < -0.39 is 12.9 Å². The van der Waals surface area contributed by atoms with Crippen molar-refractivity contribution < 1.29 is 9.45 Å². The van der Waals surface area contributed by atoms with E-state index in [9.17, 15) is 4.79 Å². The van der Waals surface area contributed by atoms with Crippen LogP contribution in [-0.4, -0.2) is 17.9 Å². The molecular formula is C18H14BNO2. The Morgan fingerprint density at radius 1 is 0.773 bits per heavy atom. The maximum atomic E-state index is 12.3. The molecule has 0 N–H and O–H groups in total. The molecule has 106 valence electrons. The summed E-state index contributed by atoms with van der Waals surface area (Å²) >= 11 is 0. The second kappa shape index (κ2) is 6.72. The number of carbonyl (C=O) groups excluding carboxylic acids is 1. The molecule has 0 aliphatic carbocycles. The Morgan fingerprint density at radius 3 is 1.82 bits per heavy atom. The second-order valence-electron chi connectivity index (χ2n) is 4.82. The first-order valence-corrected chi connectivity index (χ1v) is 7.06. The Labute approximate surface area is 129 Å².